The van der Waals surface area contributed by atoms with E-state index >= 15 is 0 Å². The summed E-state index contributed by atoms with van der Waals surface area (Å²) in [4.78, 5) is 23.8. The fraction of sp³-hybridized carbons (Fsp3) is 0.300. The molecule has 2 aromatic carbocycles. The van der Waals surface area contributed by atoms with Gasteiger partial charge in [0.1, 0.15) is 0 Å². The standard InChI is InChI=1S/C20H23NO3S/c1-3-24-20(23)17-9-10-18(15(2)13-17)21-19(22)11-12-25-14-16-7-5-4-6-8-16/h4-10,13H,3,11-12,14H2,1-2H3,(H,21,22). The van der Waals surface area contributed by atoms with Crippen LogP contribution in [0.15, 0.2) is 48.5 Å². The smallest absolute Gasteiger partial charge is 0.338 e. The lowest BCUT2D eigenvalue weighted by Crippen LogP contribution is -2.13. The number of rotatable bonds is 8. The summed E-state index contributed by atoms with van der Waals surface area (Å²) in [6.45, 7) is 3.98. The molecule has 0 aromatic heterocycles. The number of amides is 1. The second kappa shape index (κ2) is 9.89. The molecule has 2 rings (SSSR count). The largest absolute Gasteiger partial charge is 0.462 e. The topological polar surface area (TPSA) is 55.4 Å². The number of thioether (sulfide) groups is 1. The van der Waals surface area contributed by atoms with Crippen LogP contribution < -0.4 is 5.32 Å². The number of nitrogens with one attached hydrogen (secondary N) is 1. The molecule has 0 bridgehead atoms. The summed E-state index contributed by atoms with van der Waals surface area (Å²) < 4.78 is 4.98. The molecule has 4 nitrogen and oxygen atoms in total. The summed E-state index contributed by atoms with van der Waals surface area (Å²) in [6.07, 6.45) is 0.455. The molecule has 0 aliphatic rings. The van der Waals surface area contributed by atoms with Crippen molar-refractivity contribution < 1.29 is 14.3 Å². The van der Waals surface area contributed by atoms with Crippen LogP contribution in [-0.4, -0.2) is 24.2 Å². The predicted molar refractivity (Wildman–Crippen MR) is 103 cm³/mol. The van der Waals surface area contributed by atoms with Crippen molar-refractivity contribution in [2.75, 3.05) is 17.7 Å². The van der Waals surface area contributed by atoms with E-state index in [1.54, 1.807) is 36.9 Å². The molecule has 0 fully saturated rings. The van der Waals surface area contributed by atoms with Crippen LogP contribution in [0.5, 0.6) is 0 Å². The van der Waals surface area contributed by atoms with E-state index in [9.17, 15) is 9.59 Å². The van der Waals surface area contributed by atoms with Crippen LogP contribution in [0.2, 0.25) is 0 Å². The van der Waals surface area contributed by atoms with Gasteiger partial charge in [-0.15, -0.1) is 0 Å². The molecule has 0 radical (unpaired) electrons. The first-order valence-corrected chi connectivity index (χ1v) is 9.45. The number of aryl methyl sites for hydroxylation is 1. The highest BCUT2D eigenvalue weighted by atomic mass is 32.2. The van der Waals surface area contributed by atoms with Gasteiger partial charge in [0.2, 0.25) is 5.91 Å². The monoisotopic (exact) mass is 357 g/mol. The Kier molecular flexibility index (Phi) is 7.54. The molecule has 1 amide bonds. The van der Waals surface area contributed by atoms with Crippen LogP contribution in [0.25, 0.3) is 0 Å². The van der Waals surface area contributed by atoms with Crippen molar-refractivity contribution in [1.82, 2.24) is 0 Å². The van der Waals surface area contributed by atoms with Gasteiger partial charge in [0.05, 0.1) is 12.2 Å². The third-order valence-electron chi connectivity index (χ3n) is 3.60. The number of hydrogen-bond donors (Lipinski definition) is 1. The molecule has 0 spiro atoms. The van der Waals surface area contributed by atoms with Crippen molar-refractivity contribution >= 4 is 29.3 Å². The van der Waals surface area contributed by atoms with Gasteiger partial charge in [-0.05, 0) is 43.2 Å². The fourth-order valence-corrected chi connectivity index (χ4v) is 3.19. The second-order valence-corrected chi connectivity index (χ2v) is 6.69. The maximum absolute atomic E-state index is 12.1. The third-order valence-corrected chi connectivity index (χ3v) is 4.63. The maximum atomic E-state index is 12.1. The van der Waals surface area contributed by atoms with Gasteiger partial charge in [0.15, 0.2) is 0 Å². The average Bonchev–Trinajstić information content (AvgIpc) is 2.61. The van der Waals surface area contributed by atoms with E-state index in [4.69, 9.17) is 4.74 Å². The predicted octanol–water partition coefficient (Wildman–Crippen LogP) is 4.43. The number of anilines is 1. The highest BCUT2D eigenvalue weighted by Gasteiger charge is 2.10. The first kappa shape index (κ1) is 19.1. The minimum atomic E-state index is -0.346. The Balaban J connectivity index is 1.79. The molecule has 25 heavy (non-hydrogen) atoms. The van der Waals surface area contributed by atoms with Crippen molar-refractivity contribution in [1.29, 1.82) is 0 Å². The lowest BCUT2D eigenvalue weighted by molar-refractivity contribution is -0.115. The van der Waals surface area contributed by atoms with Gasteiger partial charge in [-0.2, -0.15) is 11.8 Å². The third kappa shape index (κ3) is 6.27. The molecular weight excluding hydrogens is 334 g/mol. The van der Waals surface area contributed by atoms with Gasteiger partial charge in [-0.1, -0.05) is 30.3 Å². The Hall–Kier alpha value is -2.27. The minimum absolute atomic E-state index is 0.0208. The Morgan fingerprint density at radius 2 is 1.88 bits per heavy atom. The molecule has 0 aliphatic carbocycles. The van der Waals surface area contributed by atoms with Gasteiger partial charge >= 0.3 is 5.97 Å². The summed E-state index contributed by atoms with van der Waals surface area (Å²) >= 11 is 1.74. The number of carbonyl (C=O) groups is 2. The molecule has 0 aliphatic heterocycles. The summed E-state index contributed by atoms with van der Waals surface area (Å²) in [5.41, 5.74) is 3.33. The normalized spacial score (nSPS) is 10.3. The van der Waals surface area contributed by atoms with E-state index in [0.29, 0.717) is 18.6 Å². The Morgan fingerprint density at radius 1 is 1.12 bits per heavy atom. The number of carbonyl (C=O) groups excluding carboxylic acids is 2. The van der Waals surface area contributed by atoms with Crippen molar-refractivity contribution in [3.05, 3.63) is 65.2 Å². The van der Waals surface area contributed by atoms with E-state index < -0.39 is 0 Å². The lowest BCUT2D eigenvalue weighted by Gasteiger charge is -2.10. The number of benzene rings is 2. The van der Waals surface area contributed by atoms with Gasteiger partial charge < -0.3 is 10.1 Å². The summed E-state index contributed by atoms with van der Waals surface area (Å²) in [5, 5.41) is 2.90. The Labute approximate surface area is 153 Å². The van der Waals surface area contributed by atoms with Crippen molar-refractivity contribution in [3.8, 4) is 0 Å². The van der Waals surface area contributed by atoms with Crippen LogP contribution in [-0.2, 0) is 15.3 Å². The van der Waals surface area contributed by atoms with Crippen LogP contribution in [0.1, 0.15) is 34.8 Å². The molecule has 1 N–H and O–H groups in total. The quantitative estimate of drug-likeness (QED) is 0.561. The van der Waals surface area contributed by atoms with Crippen LogP contribution in [0, 0.1) is 6.92 Å². The summed E-state index contributed by atoms with van der Waals surface area (Å²) in [5.74, 6) is 1.30. The van der Waals surface area contributed by atoms with E-state index in [-0.39, 0.29) is 11.9 Å². The van der Waals surface area contributed by atoms with E-state index in [2.05, 4.69) is 17.4 Å². The average molecular weight is 357 g/mol. The highest BCUT2D eigenvalue weighted by Crippen LogP contribution is 2.18. The summed E-state index contributed by atoms with van der Waals surface area (Å²) in [7, 11) is 0. The fourth-order valence-electron chi connectivity index (χ4n) is 2.29. The number of ether oxygens (including phenoxy) is 1. The second-order valence-electron chi connectivity index (χ2n) is 5.59. The minimum Gasteiger partial charge on any atom is -0.462 e. The van der Waals surface area contributed by atoms with Crippen molar-refractivity contribution in [3.63, 3.8) is 0 Å². The number of hydrogen-bond acceptors (Lipinski definition) is 4. The first-order valence-electron chi connectivity index (χ1n) is 8.29. The molecule has 0 heterocycles. The number of esters is 1. The van der Waals surface area contributed by atoms with Crippen LogP contribution in [0.4, 0.5) is 5.69 Å². The molecule has 5 heteroatoms. The highest BCUT2D eigenvalue weighted by molar-refractivity contribution is 7.98. The zero-order valence-electron chi connectivity index (χ0n) is 14.6. The van der Waals surface area contributed by atoms with Gasteiger partial charge in [0.25, 0.3) is 0 Å². The lowest BCUT2D eigenvalue weighted by atomic mass is 10.1. The maximum Gasteiger partial charge on any atom is 0.338 e. The zero-order valence-corrected chi connectivity index (χ0v) is 15.4. The Morgan fingerprint density at radius 3 is 2.56 bits per heavy atom. The first-order chi connectivity index (χ1) is 12.1. The van der Waals surface area contributed by atoms with Gasteiger partial charge in [-0.25, -0.2) is 4.79 Å². The molecule has 0 atom stereocenters. The van der Waals surface area contributed by atoms with Crippen molar-refractivity contribution in [2.24, 2.45) is 0 Å². The van der Waals surface area contributed by atoms with E-state index in [0.717, 1.165) is 22.8 Å². The molecule has 132 valence electrons. The molecule has 0 saturated carbocycles. The SMILES string of the molecule is CCOC(=O)c1ccc(NC(=O)CCSCc2ccccc2)c(C)c1. The van der Waals surface area contributed by atoms with Crippen LogP contribution in [0.3, 0.4) is 0 Å². The molecule has 0 unspecified atom stereocenters. The van der Waals surface area contributed by atoms with Crippen LogP contribution >= 0.6 is 11.8 Å². The van der Waals surface area contributed by atoms with Gasteiger partial charge in [-0.3, -0.25) is 4.79 Å². The molecule has 0 saturated heterocycles. The zero-order chi connectivity index (χ0) is 18.1. The Bertz CT molecular complexity index is 716. The molecule has 2 aromatic rings. The van der Waals surface area contributed by atoms with Crippen molar-refractivity contribution in [2.45, 2.75) is 26.0 Å². The van der Waals surface area contributed by atoms with Gasteiger partial charge in [0, 0.05) is 23.6 Å². The molecular formula is C20H23NO3S. The summed E-state index contributed by atoms with van der Waals surface area (Å²) in [6, 6.07) is 15.4. The van der Waals surface area contributed by atoms with E-state index in [1.165, 1.54) is 5.56 Å². The van der Waals surface area contributed by atoms with E-state index in [1.807, 2.05) is 25.1 Å².